The smallest absolute Gasteiger partial charge is 0.243 e. The van der Waals surface area contributed by atoms with Crippen LogP contribution < -0.4 is 9.46 Å². The Kier molecular flexibility index (Phi) is 7.10. The van der Waals surface area contributed by atoms with Gasteiger partial charge in [-0.2, -0.15) is 0 Å². The number of nitrogens with zero attached hydrogens (tertiary/aromatic N) is 1. The average molecular weight is 403 g/mol. The summed E-state index contributed by atoms with van der Waals surface area (Å²) in [6.07, 6.45) is 0. The van der Waals surface area contributed by atoms with E-state index in [0.717, 1.165) is 17.9 Å². The predicted octanol–water partition coefficient (Wildman–Crippen LogP) is 3.41. The molecule has 136 valence electrons. The van der Waals surface area contributed by atoms with Crippen LogP contribution in [-0.4, -0.2) is 40.6 Å². The Balaban J connectivity index is 1.99. The lowest BCUT2D eigenvalue weighted by Gasteiger charge is -2.12. The van der Waals surface area contributed by atoms with Gasteiger partial charge in [-0.25, -0.2) is 13.1 Å². The lowest BCUT2D eigenvalue weighted by atomic mass is 10.2. The molecule has 5 nitrogen and oxygen atoms in total. The Hall–Kier alpha value is -1.31. The van der Waals surface area contributed by atoms with Gasteiger partial charge in [0.05, 0.1) is 10.0 Å². The van der Waals surface area contributed by atoms with Crippen LogP contribution in [-0.2, 0) is 16.6 Å². The van der Waals surface area contributed by atoms with Crippen molar-refractivity contribution < 1.29 is 13.2 Å². The Morgan fingerprint density at radius 1 is 1.04 bits per heavy atom. The summed E-state index contributed by atoms with van der Waals surface area (Å²) in [5.74, 6) is 0.739. The van der Waals surface area contributed by atoms with Crippen LogP contribution in [0.1, 0.15) is 5.56 Å². The number of ether oxygens (including phenoxy) is 1. The zero-order chi connectivity index (χ0) is 18.4. The van der Waals surface area contributed by atoms with E-state index in [2.05, 4.69) is 4.72 Å². The molecule has 0 radical (unpaired) electrons. The highest BCUT2D eigenvalue weighted by molar-refractivity contribution is 7.89. The van der Waals surface area contributed by atoms with E-state index in [1.165, 1.54) is 12.1 Å². The van der Waals surface area contributed by atoms with E-state index in [4.69, 9.17) is 27.9 Å². The maximum Gasteiger partial charge on any atom is 0.243 e. The van der Waals surface area contributed by atoms with Crippen LogP contribution in [0.5, 0.6) is 5.75 Å². The summed E-state index contributed by atoms with van der Waals surface area (Å²) in [6, 6.07) is 11.8. The summed E-state index contributed by atoms with van der Waals surface area (Å²) in [7, 11) is 0.148. The standard InChI is InChI=1S/C17H20Cl2N2O3S/c1-21(2)10-11-24-14-8-6-13(7-9-14)12-20-25(22,23)17-15(18)4-3-5-16(17)19/h3-9,20H,10-12H2,1-2H3. The molecule has 0 aliphatic rings. The largest absolute Gasteiger partial charge is 0.492 e. The lowest BCUT2D eigenvalue weighted by molar-refractivity contribution is 0.261. The molecular formula is C17H20Cl2N2O3S. The number of likely N-dealkylation sites (N-methyl/N-ethyl adjacent to an activating group) is 1. The van der Waals surface area contributed by atoms with Crippen molar-refractivity contribution >= 4 is 33.2 Å². The molecule has 0 bridgehead atoms. The SMILES string of the molecule is CN(C)CCOc1ccc(CNS(=O)(=O)c2c(Cl)cccc2Cl)cc1. The summed E-state index contributed by atoms with van der Waals surface area (Å²) in [6.45, 7) is 1.53. The maximum absolute atomic E-state index is 12.4. The lowest BCUT2D eigenvalue weighted by Crippen LogP contribution is -2.24. The number of benzene rings is 2. The van der Waals surface area contributed by atoms with Gasteiger partial charge in [-0.05, 0) is 43.9 Å². The molecule has 2 aromatic carbocycles. The number of hydrogen-bond acceptors (Lipinski definition) is 4. The molecule has 0 saturated heterocycles. The third kappa shape index (κ3) is 5.87. The third-order valence-electron chi connectivity index (χ3n) is 3.38. The molecule has 25 heavy (non-hydrogen) atoms. The summed E-state index contributed by atoms with van der Waals surface area (Å²) >= 11 is 11.9. The molecular weight excluding hydrogens is 383 g/mol. The fourth-order valence-corrected chi connectivity index (χ4v) is 4.20. The van der Waals surface area contributed by atoms with Gasteiger partial charge in [-0.3, -0.25) is 0 Å². The Labute approximate surface area is 158 Å². The maximum atomic E-state index is 12.4. The minimum atomic E-state index is -3.80. The van der Waals surface area contributed by atoms with Crippen LogP contribution in [0.3, 0.4) is 0 Å². The van der Waals surface area contributed by atoms with E-state index in [0.29, 0.717) is 6.61 Å². The molecule has 8 heteroatoms. The van der Waals surface area contributed by atoms with Crippen molar-refractivity contribution in [2.45, 2.75) is 11.4 Å². The molecule has 1 N–H and O–H groups in total. The number of nitrogens with one attached hydrogen (secondary N) is 1. The van der Waals surface area contributed by atoms with Crippen LogP contribution in [0, 0.1) is 0 Å². The first-order valence-electron chi connectivity index (χ1n) is 7.60. The summed E-state index contributed by atoms with van der Waals surface area (Å²) in [5, 5.41) is 0.175. The van der Waals surface area contributed by atoms with Crippen molar-refractivity contribution in [1.82, 2.24) is 9.62 Å². The van der Waals surface area contributed by atoms with E-state index in [-0.39, 0.29) is 21.5 Å². The quantitative estimate of drug-likeness (QED) is 0.734. The second-order valence-corrected chi connectivity index (χ2v) is 8.19. The van der Waals surface area contributed by atoms with Gasteiger partial charge in [0.1, 0.15) is 17.3 Å². The Morgan fingerprint density at radius 2 is 1.64 bits per heavy atom. The first-order valence-corrected chi connectivity index (χ1v) is 9.83. The number of sulfonamides is 1. The van der Waals surface area contributed by atoms with Crippen molar-refractivity contribution in [1.29, 1.82) is 0 Å². The molecule has 0 saturated carbocycles. The minimum Gasteiger partial charge on any atom is -0.492 e. The van der Waals surface area contributed by atoms with Crippen LogP contribution >= 0.6 is 23.2 Å². The molecule has 0 aliphatic heterocycles. The highest BCUT2D eigenvalue weighted by atomic mass is 35.5. The number of halogens is 2. The molecule has 2 aromatic rings. The van der Waals surface area contributed by atoms with Crippen LogP contribution in [0.4, 0.5) is 0 Å². The molecule has 0 fully saturated rings. The zero-order valence-electron chi connectivity index (χ0n) is 14.0. The van der Waals surface area contributed by atoms with E-state index in [1.54, 1.807) is 6.07 Å². The van der Waals surface area contributed by atoms with Gasteiger partial charge < -0.3 is 9.64 Å². The Morgan fingerprint density at radius 3 is 2.20 bits per heavy atom. The first kappa shape index (κ1) is 20.0. The molecule has 0 atom stereocenters. The van der Waals surface area contributed by atoms with Crippen molar-refractivity contribution in [2.75, 3.05) is 27.2 Å². The van der Waals surface area contributed by atoms with Crippen LogP contribution in [0.15, 0.2) is 47.4 Å². The fourth-order valence-electron chi connectivity index (χ4n) is 2.04. The van der Waals surface area contributed by atoms with Crippen molar-refractivity contribution in [2.24, 2.45) is 0 Å². The van der Waals surface area contributed by atoms with Crippen LogP contribution in [0.2, 0.25) is 10.0 Å². The van der Waals surface area contributed by atoms with Gasteiger partial charge in [0.15, 0.2) is 0 Å². The molecule has 0 aliphatic carbocycles. The predicted molar refractivity (Wildman–Crippen MR) is 101 cm³/mol. The van der Waals surface area contributed by atoms with E-state index in [1.807, 2.05) is 43.3 Å². The van der Waals surface area contributed by atoms with Gasteiger partial charge in [0.25, 0.3) is 0 Å². The molecule has 0 unspecified atom stereocenters. The number of hydrogen-bond donors (Lipinski definition) is 1. The van der Waals surface area contributed by atoms with E-state index >= 15 is 0 Å². The minimum absolute atomic E-state index is 0.0876. The summed E-state index contributed by atoms with van der Waals surface area (Å²) < 4.78 is 32.9. The zero-order valence-corrected chi connectivity index (χ0v) is 16.3. The Bertz CT molecular complexity index is 789. The monoisotopic (exact) mass is 402 g/mol. The highest BCUT2D eigenvalue weighted by Crippen LogP contribution is 2.28. The second-order valence-electron chi connectivity index (χ2n) is 5.67. The average Bonchev–Trinajstić information content (AvgIpc) is 2.53. The summed E-state index contributed by atoms with van der Waals surface area (Å²) in [4.78, 5) is 1.92. The molecule has 0 amide bonds. The van der Waals surface area contributed by atoms with Crippen LogP contribution in [0.25, 0.3) is 0 Å². The molecule has 0 spiro atoms. The highest BCUT2D eigenvalue weighted by Gasteiger charge is 2.21. The first-order chi connectivity index (χ1) is 11.8. The third-order valence-corrected chi connectivity index (χ3v) is 5.74. The topological polar surface area (TPSA) is 58.6 Å². The molecule has 0 heterocycles. The van der Waals surface area contributed by atoms with Crippen molar-refractivity contribution in [3.63, 3.8) is 0 Å². The van der Waals surface area contributed by atoms with Crippen molar-refractivity contribution in [3.05, 3.63) is 58.1 Å². The number of rotatable bonds is 8. The molecule has 0 aromatic heterocycles. The van der Waals surface area contributed by atoms with Crippen molar-refractivity contribution in [3.8, 4) is 5.75 Å². The normalized spacial score (nSPS) is 11.7. The van der Waals surface area contributed by atoms with E-state index < -0.39 is 10.0 Å². The van der Waals surface area contributed by atoms with Gasteiger partial charge in [0.2, 0.25) is 10.0 Å². The second kappa shape index (κ2) is 8.87. The van der Waals surface area contributed by atoms with Gasteiger partial charge in [-0.1, -0.05) is 41.4 Å². The fraction of sp³-hybridized carbons (Fsp3) is 0.294. The van der Waals surface area contributed by atoms with E-state index in [9.17, 15) is 8.42 Å². The van der Waals surface area contributed by atoms with Gasteiger partial charge in [-0.15, -0.1) is 0 Å². The summed E-state index contributed by atoms with van der Waals surface area (Å²) in [5.41, 5.74) is 0.798. The van der Waals surface area contributed by atoms with Gasteiger partial charge >= 0.3 is 0 Å². The molecule has 2 rings (SSSR count). The van der Waals surface area contributed by atoms with Gasteiger partial charge in [0, 0.05) is 13.1 Å².